The van der Waals surface area contributed by atoms with Gasteiger partial charge in [0, 0.05) is 38.1 Å². The molecule has 1 fully saturated rings. The van der Waals surface area contributed by atoms with Gasteiger partial charge in [0.25, 0.3) is 0 Å². The summed E-state index contributed by atoms with van der Waals surface area (Å²) in [5.74, 6) is 0. The van der Waals surface area contributed by atoms with E-state index in [4.69, 9.17) is 5.41 Å². The fraction of sp³-hybridized carbons (Fsp3) is 0.625. The van der Waals surface area contributed by atoms with E-state index < -0.39 is 0 Å². The van der Waals surface area contributed by atoms with Crippen molar-refractivity contribution in [2.75, 3.05) is 33.2 Å². The molecular formula is C8H15N3. The molecule has 11 heavy (non-hydrogen) atoms. The molecule has 0 spiro atoms. The third-order valence-electron chi connectivity index (χ3n) is 2.08. The molecule has 1 aliphatic rings. The first-order chi connectivity index (χ1) is 5.24. The summed E-state index contributed by atoms with van der Waals surface area (Å²) in [5, 5.41) is 7.02. The van der Waals surface area contributed by atoms with Crippen molar-refractivity contribution in [1.82, 2.24) is 9.80 Å². The van der Waals surface area contributed by atoms with Gasteiger partial charge in [0.2, 0.25) is 0 Å². The normalized spacial score (nSPS) is 19.9. The predicted octanol–water partition coefficient (Wildman–Crippen LogP) is 0.397. The van der Waals surface area contributed by atoms with Crippen molar-refractivity contribution in [3.8, 4) is 0 Å². The van der Waals surface area contributed by atoms with E-state index in [1.54, 1.807) is 0 Å². The summed E-state index contributed by atoms with van der Waals surface area (Å²) in [6.07, 6.45) is 1.32. The Bertz CT molecular complexity index is 157. The summed E-state index contributed by atoms with van der Waals surface area (Å²) in [7, 11) is 2.12. The molecule has 1 N–H and O–H groups in total. The number of rotatable bonds is 2. The van der Waals surface area contributed by atoms with Crippen molar-refractivity contribution in [3.63, 3.8) is 0 Å². The summed E-state index contributed by atoms with van der Waals surface area (Å²) in [4.78, 5) is 4.43. The minimum atomic E-state index is 0.832. The molecular weight excluding hydrogens is 138 g/mol. The number of likely N-dealkylation sites (N-methyl/N-ethyl adjacent to an activating group) is 1. The van der Waals surface area contributed by atoms with Gasteiger partial charge in [0.15, 0.2) is 0 Å². The van der Waals surface area contributed by atoms with Crippen LogP contribution >= 0.6 is 0 Å². The third-order valence-corrected chi connectivity index (χ3v) is 2.08. The Morgan fingerprint density at radius 2 is 1.91 bits per heavy atom. The maximum atomic E-state index is 7.02. The Morgan fingerprint density at radius 3 is 2.36 bits per heavy atom. The topological polar surface area (TPSA) is 30.3 Å². The lowest BCUT2D eigenvalue weighted by Crippen LogP contribution is -2.43. The average Bonchev–Trinajstić information content (AvgIpc) is 2.05. The van der Waals surface area contributed by atoms with Gasteiger partial charge in [-0.05, 0) is 7.05 Å². The van der Waals surface area contributed by atoms with Crippen molar-refractivity contribution in [3.05, 3.63) is 12.3 Å². The molecule has 1 aliphatic heterocycles. The first-order valence-electron chi connectivity index (χ1n) is 3.87. The minimum Gasteiger partial charge on any atom is -0.368 e. The molecule has 0 radical (unpaired) electrons. The van der Waals surface area contributed by atoms with Crippen LogP contribution in [0, 0.1) is 5.41 Å². The molecule has 62 valence electrons. The second-order valence-corrected chi connectivity index (χ2v) is 2.93. The zero-order valence-electron chi connectivity index (χ0n) is 7.01. The molecule has 1 heterocycles. The molecule has 0 aromatic rings. The fourth-order valence-electron chi connectivity index (χ4n) is 1.18. The molecule has 1 saturated heterocycles. The van der Waals surface area contributed by atoms with Gasteiger partial charge in [-0.25, -0.2) is 0 Å². The van der Waals surface area contributed by atoms with E-state index >= 15 is 0 Å². The molecule has 0 atom stereocenters. The fourth-order valence-corrected chi connectivity index (χ4v) is 1.18. The Balaban J connectivity index is 2.38. The largest absolute Gasteiger partial charge is 0.368 e. The standard InChI is InChI=1S/C8H15N3/c1-8(7-9)11-5-3-10(2)4-6-11/h7,9H,1,3-6H2,2H3. The minimum absolute atomic E-state index is 0.832. The van der Waals surface area contributed by atoms with E-state index in [0.29, 0.717) is 0 Å². The molecule has 0 unspecified atom stereocenters. The highest BCUT2D eigenvalue weighted by molar-refractivity contribution is 5.73. The van der Waals surface area contributed by atoms with Gasteiger partial charge >= 0.3 is 0 Å². The van der Waals surface area contributed by atoms with E-state index in [1.807, 2.05) is 0 Å². The van der Waals surface area contributed by atoms with E-state index in [9.17, 15) is 0 Å². The molecule has 1 rings (SSSR count). The number of piperazine rings is 1. The van der Waals surface area contributed by atoms with E-state index in [0.717, 1.165) is 31.9 Å². The summed E-state index contributed by atoms with van der Waals surface area (Å²) in [6, 6.07) is 0. The van der Waals surface area contributed by atoms with Crippen LogP contribution in [0.1, 0.15) is 0 Å². The smallest absolute Gasteiger partial charge is 0.0472 e. The number of nitrogens with one attached hydrogen (secondary N) is 1. The number of hydrogen-bond donors (Lipinski definition) is 1. The molecule has 3 nitrogen and oxygen atoms in total. The van der Waals surface area contributed by atoms with Gasteiger partial charge in [0.05, 0.1) is 0 Å². The van der Waals surface area contributed by atoms with Gasteiger partial charge in [-0.3, -0.25) is 0 Å². The van der Waals surface area contributed by atoms with Gasteiger partial charge in [-0.15, -0.1) is 0 Å². The van der Waals surface area contributed by atoms with Crippen LogP contribution in [0.25, 0.3) is 0 Å². The second-order valence-electron chi connectivity index (χ2n) is 2.93. The van der Waals surface area contributed by atoms with Crippen LogP contribution in [0.3, 0.4) is 0 Å². The van der Waals surface area contributed by atoms with Crippen molar-refractivity contribution in [2.45, 2.75) is 0 Å². The first kappa shape index (κ1) is 8.27. The van der Waals surface area contributed by atoms with Crippen LogP contribution in [0.2, 0.25) is 0 Å². The molecule has 0 bridgehead atoms. The zero-order chi connectivity index (χ0) is 8.27. The van der Waals surface area contributed by atoms with Crippen LogP contribution in [0.4, 0.5) is 0 Å². The highest BCUT2D eigenvalue weighted by atomic mass is 15.2. The zero-order valence-corrected chi connectivity index (χ0v) is 7.01. The number of allylic oxidation sites excluding steroid dienone is 1. The van der Waals surface area contributed by atoms with Gasteiger partial charge in [0.1, 0.15) is 0 Å². The van der Waals surface area contributed by atoms with Crippen LogP contribution in [0.5, 0.6) is 0 Å². The SMILES string of the molecule is C=C(C=N)N1CCN(C)CC1. The number of hydrogen-bond acceptors (Lipinski definition) is 3. The Labute approximate surface area is 67.8 Å². The van der Waals surface area contributed by atoms with Crippen molar-refractivity contribution < 1.29 is 0 Å². The van der Waals surface area contributed by atoms with E-state index in [1.165, 1.54) is 6.21 Å². The summed E-state index contributed by atoms with van der Waals surface area (Å²) in [6.45, 7) is 7.95. The lowest BCUT2D eigenvalue weighted by molar-refractivity contribution is 0.193. The molecule has 0 amide bonds. The molecule has 0 aliphatic carbocycles. The van der Waals surface area contributed by atoms with Crippen molar-refractivity contribution in [2.24, 2.45) is 0 Å². The van der Waals surface area contributed by atoms with Crippen LogP contribution in [-0.2, 0) is 0 Å². The van der Waals surface area contributed by atoms with E-state index in [2.05, 4.69) is 23.4 Å². The Hall–Kier alpha value is -0.830. The molecule has 0 saturated carbocycles. The quantitative estimate of drug-likeness (QED) is 0.582. The predicted molar refractivity (Wildman–Crippen MR) is 47.0 cm³/mol. The lowest BCUT2D eigenvalue weighted by Gasteiger charge is -2.33. The summed E-state index contributed by atoms with van der Waals surface area (Å²) < 4.78 is 0. The first-order valence-corrected chi connectivity index (χ1v) is 3.87. The van der Waals surface area contributed by atoms with Crippen molar-refractivity contribution >= 4 is 6.21 Å². The molecule has 3 heteroatoms. The second kappa shape index (κ2) is 3.53. The highest BCUT2D eigenvalue weighted by Gasteiger charge is 2.12. The summed E-state index contributed by atoms with van der Waals surface area (Å²) in [5.41, 5.74) is 0.832. The maximum Gasteiger partial charge on any atom is 0.0472 e. The lowest BCUT2D eigenvalue weighted by atomic mass is 10.3. The van der Waals surface area contributed by atoms with Crippen molar-refractivity contribution in [1.29, 1.82) is 5.41 Å². The third kappa shape index (κ3) is 2.05. The number of nitrogens with zero attached hydrogens (tertiary/aromatic N) is 2. The van der Waals surface area contributed by atoms with Gasteiger partial charge in [-0.1, -0.05) is 6.58 Å². The van der Waals surface area contributed by atoms with E-state index in [-0.39, 0.29) is 0 Å². The average molecular weight is 153 g/mol. The summed E-state index contributed by atoms with van der Waals surface area (Å²) >= 11 is 0. The van der Waals surface area contributed by atoms with Crippen LogP contribution in [0.15, 0.2) is 12.3 Å². The monoisotopic (exact) mass is 153 g/mol. The molecule has 0 aromatic carbocycles. The highest BCUT2D eigenvalue weighted by Crippen LogP contribution is 2.03. The van der Waals surface area contributed by atoms with Crippen LogP contribution in [-0.4, -0.2) is 49.2 Å². The van der Waals surface area contributed by atoms with Crippen LogP contribution < -0.4 is 0 Å². The Kier molecular flexibility index (Phi) is 2.65. The van der Waals surface area contributed by atoms with Gasteiger partial charge in [-0.2, -0.15) is 0 Å². The maximum absolute atomic E-state index is 7.02. The molecule has 0 aromatic heterocycles. The van der Waals surface area contributed by atoms with Gasteiger partial charge < -0.3 is 15.2 Å². The Morgan fingerprint density at radius 1 is 1.36 bits per heavy atom.